The molecule has 0 bridgehead atoms. The van der Waals surface area contributed by atoms with Crippen molar-refractivity contribution in [3.63, 3.8) is 0 Å². The number of benzene rings is 1. The van der Waals surface area contributed by atoms with Gasteiger partial charge in [-0.1, -0.05) is 56.3 Å². The Hall–Kier alpha value is -2.54. The Labute approximate surface area is 175 Å². The van der Waals surface area contributed by atoms with E-state index in [1.165, 1.54) is 17.3 Å². The fraction of sp³-hybridized carbons (Fsp3) is 0.409. The van der Waals surface area contributed by atoms with E-state index in [1.54, 1.807) is 4.57 Å². The van der Waals surface area contributed by atoms with Crippen molar-refractivity contribution < 1.29 is 4.79 Å². The molecule has 3 rings (SSSR count). The number of thioether (sulfide) groups is 1. The van der Waals surface area contributed by atoms with Crippen LogP contribution in [-0.4, -0.2) is 26.2 Å². The zero-order valence-electron chi connectivity index (χ0n) is 17.2. The van der Waals surface area contributed by atoms with Gasteiger partial charge in [0.1, 0.15) is 5.52 Å². The van der Waals surface area contributed by atoms with Crippen molar-refractivity contribution in [1.29, 1.82) is 0 Å². The quantitative estimate of drug-likeness (QED) is 0.414. The number of hydrogen-bond donors (Lipinski definition) is 2. The third-order valence-corrected chi connectivity index (χ3v) is 5.80. The van der Waals surface area contributed by atoms with Crippen molar-refractivity contribution in [2.75, 3.05) is 5.75 Å². The number of carbonyl (C=O) groups excluding carboxylic acids is 1. The largest absolute Gasteiger partial charge is 0.353 e. The molecule has 0 spiro atoms. The molecular formula is C22H28N4O2S. The third-order valence-electron chi connectivity index (χ3n) is 4.83. The minimum absolute atomic E-state index is 0.0730. The minimum Gasteiger partial charge on any atom is -0.353 e. The Kier molecular flexibility index (Phi) is 7.14. The molecule has 0 atom stereocenters. The van der Waals surface area contributed by atoms with Crippen LogP contribution in [0.5, 0.6) is 0 Å². The first-order valence-electron chi connectivity index (χ1n) is 10.1. The fourth-order valence-electron chi connectivity index (χ4n) is 3.11. The van der Waals surface area contributed by atoms with Gasteiger partial charge in [-0.3, -0.25) is 14.2 Å². The molecule has 3 aromatic rings. The molecule has 6 nitrogen and oxygen atoms in total. The Balaban J connectivity index is 1.68. The van der Waals surface area contributed by atoms with E-state index < -0.39 is 0 Å². The first kappa shape index (κ1) is 21.2. The van der Waals surface area contributed by atoms with E-state index in [0.29, 0.717) is 29.3 Å². The molecule has 0 saturated heterocycles. The SMILES string of the molecule is CCCCn1c(SCC(=O)NCc2ccc(CC)cc2)nc2cc(C)[nH]c2c1=O. The summed E-state index contributed by atoms with van der Waals surface area (Å²) in [6, 6.07) is 10.1. The molecule has 7 heteroatoms. The van der Waals surface area contributed by atoms with Gasteiger partial charge in [0.05, 0.1) is 11.3 Å². The number of aryl methyl sites for hydroxylation is 2. The summed E-state index contributed by atoms with van der Waals surface area (Å²) in [5, 5.41) is 3.54. The molecule has 0 fully saturated rings. The first-order chi connectivity index (χ1) is 14.0. The number of aromatic amines is 1. The van der Waals surface area contributed by atoms with E-state index in [-0.39, 0.29) is 17.2 Å². The van der Waals surface area contributed by atoms with Crippen molar-refractivity contribution in [3.05, 3.63) is 57.5 Å². The van der Waals surface area contributed by atoms with Crippen molar-refractivity contribution in [2.24, 2.45) is 0 Å². The van der Waals surface area contributed by atoms with Crippen LogP contribution in [0.25, 0.3) is 11.0 Å². The molecule has 0 aliphatic rings. The van der Waals surface area contributed by atoms with E-state index in [2.05, 4.69) is 41.3 Å². The monoisotopic (exact) mass is 412 g/mol. The van der Waals surface area contributed by atoms with Crippen molar-refractivity contribution in [2.45, 2.75) is 58.3 Å². The summed E-state index contributed by atoms with van der Waals surface area (Å²) >= 11 is 1.31. The molecule has 154 valence electrons. The summed E-state index contributed by atoms with van der Waals surface area (Å²) in [6.07, 6.45) is 2.87. The van der Waals surface area contributed by atoms with Gasteiger partial charge in [-0.15, -0.1) is 0 Å². The summed E-state index contributed by atoms with van der Waals surface area (Å²) in [5.41, 5.74) is 4.36. The maximum absolute atomic E-state index is 12.9. The van der Waals surface area contributed by atoms with E-state index in [9.17, 15) is 9.59 Å². The molecule has 0 aliphatic carbocycles. The van der Waals surface area contributed by atoms with Gasteiger partial charge in [0, 0.05) is 18.8 Å². The maximum Gasteiger partial charge on any atom is 0.278 e. The van der Waals surface area contributed by atoms with Crippen LogP contribution in [0.4, 0.5) is 0 Å². The Bertz CT molecular complexity index is 1040. The average molecular weight is 413 g/mol. The topological polar surface area (TPSA) is 79.8 Å². The lowest BCUT2D eigenvalue weighted by atomic mass is 10.1. The minimum atomic E-state index is -0.0736. The third kappa shape index (κ3) is 5.29. The lowest BCUT2D eigenvalue weighted by molar-refractivity contribution is -0.118. The molecule has 29 heavy (non-hydrogen) atoms. The lowest BCUT2D eigenvalue weighted by Crippen LogP contribution is -2.27. The van der Waals surface area contributed by atoms with E-state index in [4.69, 9.17) is 0 Å². The van der Waals surface area contributed by atoms with Gasteiger partial charge in [0.15, 0.2) is 5.16 Å². The number of fused-ring (bicyclic) bond motifs is 1. The molecular weight excluding hydrogens is 384 g/mol. The molecule has 2 aromatic heterocycles. The van der Waals surface area contributed by atoms with Gasteiger partial charge in [-0.25, -0.2) is 4.98 Å². The molecule has 0 radical (unpaired) electrons. The van der Waals surface area contributed by atoms with Crippen molar-refractivity contribution in [1.82, 2.24) is 19.9 Å². The van der Waals surface area contributed by atoms with Crippen LogP contribution >= 0.6 is 11.8 Å². The Morgan fingerprint density at radius 3 is 2.62 bits per heavy atom. The smallest absolute Gasteiger partial charge is 0.278 e. The van der Waals surface area contributed by atoms with Crippen molar-refractivity contribution in [3.8, 4) is 0 Å². The zero-order valence-corrected chi connectivity index (χ0v) is 18.1. The second-order valence-electron chi connectivity index (χ2n) is 7.15. The molecule has 0 saturated carbocycles. The standard InChI is InChI=1S/C22H28N4O2S/c1-4-6-11-26-21(28)20-18(12-15(3)24-20)25-22(26)29-14-19(27)23-13-17-9-7-16(5-2)8-10-17/h7-10,12,24H,4-6,11,13-14H2,1-3H3,(H,23,27). The number of aromatic nitrogens is 3. The number of unbranched alkanes of at least 4 members (excludes halogenated alkanes) is 1. The van der Waals surface area contributed by atoms with E-state index in [1.807, 2.05) is 25.1 Å². The molecule has 1 aromatic carbocycles. The number of carbonyl (C=O) groups is 1. The Morgan fingerprint density at radius 2 is 1.93 bits per heavy atom. The highest BCUT2D eigenvalue weighted by atomic mass is 32.2. The van der Waals surface area contributed by atoms with Crippen LogP contribution in [0.2, 0.25) is 0 Å². The second-order valence-corrected chi connectivity index (χ2v) is 8.10. The van der Waals surface area contributed by atoms with Gasteiger partial charge in [0.25, 0.3) is 5.56 Å². The van der Waals surface area contributed by atoms with Crippen LogP contribution in [0.15, 0.2) is 40.3 Å². The summed E-state index contributed by atoms with van der Waals surface area (Å²) in [6.45, 7) is 7.21. The van der Waals surface area contributed by atoms with E-state index >= 15 is 0 Å². The second kappa shape index (κ2) is 9.78. The molecule has 0 unspecified atom stereocenters. The van der Waals surface area contributed by atoms with Crippen LogP contribution < -0.4 is 10.9 Å². The number of rotatable bonds is 9. The molecule has 0 aliphatic heterocycles. The summed E-state index contributed by atoms with van der Waals surface area (Å²) in [4.78, 5) is 32.9. The predicted octanol–water partition coefficient (Wildman–Crippen LogP) is 3.80. The van der Waals surface area contributed by atoms with Gasteiger partial charge >= 0.3 is 0 Å². The number of hydrogen-bond acceptors (Lipinski definition) is 4. The Morgan fingerprint density at radius 1 is 1.21 bits per heavy atom. The molecule has 2 heterocycles. The van der Waals surface area contributed by atoms with Gasteiger partial charge in [-0.05, 0) is 37.0 Å². The summed E-state index contributed by atoms with van der Waals surface area (Å²) in [5.74, 6) is 0.150. The molecule has 2 N–H and O–H groups in total. The number of nitrogens with one attached hydrogen (secondary N) is 2. The van der Waals surface area contributed by atoms with Crippen LogP contribution in [0, 0.1) is 6.92 Å². The first-order valence-corrected chi connectivity index (χ1v) is 11.1. The van der Waals surface area contributed by atoms with Gasteiger partial charge < -0.3 is 10.3 Å². The fourth-order valence-corrected chi connectivity index (χ4v) is 3.96. The predicted molar refractivity (Wildman–Crippen MR) is 118 cm³/mol. The lowest BCUT2D eigenvalue weighted by Gasteiger charge is -2.11. The maximum atomic E-state index is 12.9. The highest BCUT2D eigenvalue weighted by Crippen LogP contribution is 2.19. The van der Waals surface area contributed by atoms with E-state index in [0.717, 1.165) is 30.5 Å². The summed E-state index contributed by atoms with van der Waals surface area (Å²) < 4.78 is 1.68. The number of H-pyrrole nitrogens is 1. The highest BCUT2D eigenvalue weighted by Gasteiger charge is 2.14. The van der Waals surface area contributed by atoms with Gasteiger partial charge in [0.2, 0.25) is 5.91 Å². The van der Waals surface area contributed by atoms with Crippen molar-refractivity contribution >= 4 is 28.7 Å². The highest BCUT2D eigenvalue weighted by molar-refractivity contribution is 7.99. The summed E-state index contributed by atoms with van der Waals surface area (Å²) in [7, 11) is 0. The van der Waals surface area contributed by atoms with Crippen LogP contribution in [0.3, 0.4) is 0 Å². The normalized spacial score (nSPS) is 11.1. The number of amides is 1. The van der Waals surface area contributed by atoms with Gasteiger partial charge in [-0.2, -0.15) is 0 Å². The zero-order chi connectivity index (χ0) is 20.8. The average Bonchev–Trinajstić information content (AvgIpc) is 3.11. The molecule has 1 amide bonds. The van der Waals surface area contributed by atoms with Crippen LogP contribution in [-0.2, 0) is 24.3 Å². The number of nitrogens with zero attached hydrogens (tertiary/aromatic N) is 2. The van der Waals surface area contributed by atoms with Crippen LogP contribution in [0.1, 0.15) is 43.5 Å².